The Kier molecular flexibility index (Phi) is 8.33. The lowest BCUT2D eigenvalue weighted by atomic mass is 9.61. The Hall–Kier alpha value is -1.69. The topological polar surface area (TPSA) is 74.6 Å². The Morgan fingerprint density at radius 2 is 1.89 bits per heavy atom. The number of hydrogen-bond acceptors (Lipinski definition) is 4. The smallest absolute Gasteiger partial charge is 0.178 e. The zero-order chi connectivity index (χ0) is 26.1. The molecule has 0 amide bonds. The molecule has 0 bridgehead atoms. The second-order valence-corrected chi connectivity index (χ2v) is 14.0. The summed E-state index contributed by atoms with van der Waals surface area (Å²) < 4.78 is 25.6. The van der Waals surface area contributed by atoms with E-state index in [1.54, 1.807) is 12.1 Å². The van der Waals surface area contributed by atoms with Crippen molar-refractivity contribution in [1.82, 2.24) is 0 Å². The zero-order valence-corrected chi connectivity index (χ0v) is 23.1. The van der Waals surface area contributed by atoms with Crippen molar-refractivity contribution in [3.05, 3.63) is 65.3 Å². The van der Waals surface area contributed by atoms with Crippen LogP contribution in [0.5, 0.6) is 0 Å². The van der Waals surface area contributed by atoms with Crippen molar-refractivity contribution in [3.8, 4) is 0 Å². The third-order valence-corrected chi connectivity index (χ3v) is 11.3. The maximum atomic E-state index is 12.8. The Labute approximate surface area is 218 Å². The van der Waals surface area contributed by atoms with Crippen molar-refractivity contribution in [3.63, 3.8) is 0 Å². The summed E-state index contributed by atoms with van der Waals surface area (Å²) in [6.45, 7) is 10.8. The fourth-order valence-electron chi connectivity index (χ4n) is 7.34. The number of aliphatic hydroxyl groups is 2. The molecular formula is C31H44O4S. The molecule has 0 saturated heterocycles. The summed E-state index contributed by atoms with van der Waals surface area (Å²) in [7, 11) is -3.23. The van der Waals surface area contributed by atoms with Crippen LogP contribution in [0.2, 0.25) is 0 Å². The highest BCUT2D eigenvalue weighted by atomic mass is 32.2. The Bertz CT molecular complexity index is 1110. The SMILES string of the molecule is C=C1/C(=C\C=C2/CCC[C@]3(C)[C@@H]([C@H](C)CCCS(=O)(=O)c4ccc(C)cc4)CC[C@@H]23)C[C@H](O)C[C@H]1O. The predicted molar refractivity (Wildman–Crippen MR) is 146 cm³/mol. The molecule has 5 heteroatoms. The molecule has 3 fully saturated rings. The number of allylic oxidation sites excluding steroid dienone is 3. The van der Waals surface area contributed by atoms with Crippen LogP contribution < -0.4 is 0 Å². The molecule has 3 aliphatic carbocycles. The lowest BCUT2D eigenvalue weighted by molar-refractivity contribution is 0.0861. The highest BCUT2D eigenvalue weighted by Gasteiger charge is 2.50. The second-order valence-electron chi connectivity index (χ2n) is 11.9. The fraction of sp³-hybridized carbons (Fsp3) is 0.613. The predicted octanol–water partition coefficient (Wildman–Crippen LogP) is 6.33. The number of rotatable bonds is 7. The minimum atomic E-state index is -3.23. The van der Waals surface area contributed by atoms with Gasteiger partial charge in [0.15, 0.2) is 9.84 Å². The average Bonchev–Trinajstić information content (AvgIpc) is 3.18. The molecule has 1 aromatic carbocycles. The standard InChI is InChI=1S/C31H44O4S/c1-21-9-13-27(14-10-21)36(34,35)18-6-7-22(2)28-15-16-29-24(8-5-17-31(28,29)4)11-12-25-19-26(32)20-30(33)23(25)3/h9-14,22,26,28-30,32-33H,3,5-8,15-20H2,1-2,4H3/b24-11+,25-12-/t22-,26+,28-,29+,30-,31-/m1/s1. The quantitative estimate of drug-likeness (QED) is 0.448. The summed E-state index contributed by atoms with van der Waals surface area (Å²) in [5, 5.41) is 20.3. The van der Waals surface area contributed by atoms with Crippen LogP contribution in [-0.4, -0.2) is 36.6 Å². The van der Waals surface area contributed by atoms with Crippen LogP contribution in [0.25, 0.3) is 0 Å². The third-order valence-electron chi connectivity index (χ3n) is 9.44. The van der Waals surface area contributed by atoms with Crippen LogP contribution in [0.3, 0.4) is 0 Å². The minimum Gasteiger partial charge on any atom is -0.393 e. The van der Waals surface area contributed by atoms with Crippen LogP contribution in [0.4, 0.5) is 0 Å². The first-order chi connectivity index (χ1) is 17.0. The van der Waals surface area contributed by atoms with E-state index in [1.165, 1.54) is 31.3 Å². The van der Waals surface area contributed by atoms with Gasteiger partial charge >= 0.3 is 0 Å². The van der Waals surface area contributed by atoms with E-state index in [-0.39, 0.29) is 11.2 Å². The van der Waals surface area contributed by atoms with Crippen LogP contribution in [0, 0.1) is 30.1 Å². The highest BCUT2D eigenvalue weighted by molar-refractivity contribution is 7.91. The summed E-state index contributed by atoms with van der Waals surface area (Å²) in [5.41, 5.74) is 4.53. The van der Waals surface area contributed by atoms with Crippen molar-refractivity contribution in [1.29, 1.82) is 0 Å². The molecule has 0 radical (unpaired) electrons. The van der Waals surface area contributed by atoms with Crippen molar-refractivity contribution < 1.29 is 18.6 Å². The number of hydrogen-bond donors (Lipinski definition) is 2. The van der Waals surface area contributed by atoms with E-state index in [1.807, 2.05) is 19.1 Å². The molecule has 36 heavy (non-hydrogen) atoms. The van der Waals surface area contributed by atoms with Gasteiger partial charge in [0.1, 0.15) is 0 Å². The van der Waals surface area contributed by atoms with Gasteiger partial charge in [-0.3, -0.25) is 0 Å². The number of benzene rings is 1. The van der Waals surface area contributed by atoms with E-state index in [4.69, 9.17) is 0 Å². The van der Waals surface area contributed by atoms with Gasteiger partial charge in [0, 0.05) is 6.42 Å². The summed E-state index contributed by atoms with van der Waals surface area (Å²) in [6.07, 6.45) is 11.7. The molecule has 2 N–H and O–H groups in total. The van der Waals surface area contributed by atoms with Gasteiger partial charge in [0.05, 0.1) is 22.9 Å². The van der Waals surface area contributed by atoms with Gasteiger partial charge in [-0.15, -0.1) is 0 Å². The summed E-state index contributed by atoms with van der Waals surface area (Å²) in [6, 6.07) is 7.19. The van der Waals surface area contributed by atoms with Crippen molar-refractivity contribution >= 4 is 9.84 Å². The van der Waals surface area contributed by atoms with Gasteiger partial charge in [-0.2, -0.15) is 0 Å². The maximum absolute atomic E-state index is 12.8. The maximum Gasteiger partial charge on any atom is 0.178 e. The number of aryl methyl sites for hydroxylation is 1. The fourth-order valence-corrected chi connectivity index (χ4v) is 8.67. The normalized spacial score (nSPS) is 34.2. The van der Waals surface area contributed by atoms with E-state index in [0.29, 0.717) is 41.9 Å². The molecular weight excluding hydrogens is 468 g/mol. The van der Waals surface area contributed by atoms with Crippen LogP contribution in [-0.2, 0) is 9.84 Å². The van der Waals surface area contributed by atoms with Gasteiger partial charge in [0.2, 0.25) is 0 Å². The molecule has 0 heterocycles. The van der Waals surface area contributed by atoms with Crippen molar-refractivity contribution in [2.45, 2.75) is 95.7 Å². The average molecular weight is 513 g/mol. The van der Waals surface area contributed by atoms with Gasteiger partial charge in [-0.25, -0.2) is 8.42 Å². The monoisotopic (exact) mass is 512 g/mol. The van der Waals surface area contributed by atoms with E-state index in [9.17, 15) is 18.6 Å². The number of aliphatic hydroxyl groups excluding tert-OH is 2. The largest absolute Gasteiger partial charge is 0.393 e. The molecule has 6 atom stereocenters. The van der Waals surface area contributed by atoms with Crippen molar-refractivity contribution in [2.24, 2.45) is 23.2 Å². The molecule has 0 aromatic heterocycles. The van der Waals surface area contributed by atoms with E-state index < -0.39 is 22.0 Å². The molecule has 3 saturated carbocycles. The lowest BCUT2D eigenvalue weighted by Gasteiger charge is -2.44. The highest BCUT2D eigenvalue weighted by Crippen LogP contribution is 2.59. The molecule has 198 valence electrons. The first-order valence-electron chi connectivity index (χ1n) is 13.8. The van der Waals surface area contributed by atoms with Crippen LogP contribution in [0.1, 0.15) is 77.2 Å². The summed E-state index contributed by atoms with van der Waals surface area (Å²) in [4.78, 5) is 0.436. The molecule has 0 spiro atoms. The third kappa shape index (κ3) is 5.74. The van der Waals surface area contributed by atoms with Crippen LogP contribution >= 0.6 is 0 Å². The summed E-state index contributed by atoms with van der Waals surface area (Å²) >= 11 is 0. The molecule has 4 rings (SSSR count). The van der Waals surface area contributed by atoms with Crippen molar-refractivity contribution in [2.75, 3.05) is 5.75 Å². The van der Waals surface area contributed by atoms with Gasteiger partial charge < -0.3 is 10.2 Å². The second kappa shape index (κ2) is 11.0. The van der Waals surface area contributed by atoms with E-state index in [2.05, 4.69) is 32.6 Å². The van der Waals surface area contributed by atoms with E-state index in [0.717, 1.165) is 29.6 Å². The lowest BCUT2D eigenvalue weighted by Crippen LogP contribution is -2.36. The van der Waals surface area contributed by atoms with Gasteiger partial charge in [0.25, 0.3) is 0 Å². The minimum absolute atomic E-state index is 0.216. The van der Waals surface area contributed by atoms with Gasteiger partial charge in [-0.1, -0.05) is 55.8 Å². The van der Waals surface area contributed by atoms with E-state index >= 15 is 0 Å². The van der Waals surface area contributed by atoms with Gasteiger partial charge in [-0.05, 0) is 105 Å². The first kappa shape index (κ1) is 27.3. The molecule has 4 nitrogen and oxygen atoms in total. The molecule has 1 aromatic rings. The zero-order valence-electron chi connectivity index (χ0n) is 22.2. The Morgan fingerprint density at radius 3 is 2.61 bits per heavy atom. The molecule has 0 aliphatic heterocycles. The number of fused-ring (bicyclic) bond motifs is 1. The number of sulfone groups is 1. The Morgan fingerprint density at radius 1 is 1.17 bits per heavy atom. The van der Waals surface area contributed by atoms with Crippen LogP contribution in [0.15, 0.2) is 64.6 Å². The first-order valence-corrected chi connectivity index (χ1v) is 15.4. The summed E-state index contributed by atoms with van der Waals surface area (Å²) in [5.74, 6) is 1.87. The Balaban J connectivity index is 1.40. The molecule has 3 aliphatic rings. The molecule has 0 unspecified atom stereocenters.